The van der Waals surface area contributed by atoms with Crippen LogP contribution in [0.15, 0.2) is 109 Å². The van der Waals surface area contributed by atoms with Crippen molar-refractivity contribution in [3.8, 4) is 0 Å². The SMILES string of the molecule is CC/C=C\C/C=C\C/C=C\C/C=C\C/C=C\CCCC(=O)OCC(COC(=O)CCCCC/C=C\CCCCCCCC)OC(=O)CCCCCCCC/C=C\C/C=C\C/C=C\CC. The van der Waals surface area contributed by atoms with Crippen LogP contribution in [0.2, 0.25) is 0 Å². The van der Waals surface area contributed by atoms with Gasteiger partial charge in [-0.05, 0) is 116 Å². The van der Waals surface area contributed by atoms with E-state index in [1.807, 2.05) is 0 Å². The van der Waals surface area contributed by atoms with Crippen LogP contribution in [0.25, 0.3) is 0 Å². The van der Waals surface area contributed by atoms with Gasteiger partial charge in [0.25, 0.3) is 0 Å². The second kappa shape index (κ2) is 51.7. The molecule has 0 bridgehead atoms. The summed E-state index contributed by atoms with van der Waals surface area (Å²) < 4.78 is 16.7. The molecule has 0 radical (unpaired) electrons. The van der Waals surface area contributed by atoms with Gasteiger partial charge in [0.05, 0.1) is 0 Å². The largest absolute Gasteiger partial charge is 0.462 e. The Hall–Kier alpha value is -3.93. The summed E-state index contributed by atoms with van der Waals surface area (Å²) in [5.41, 5.74) is 0. The molecule has 0 heterocycles. The molecule has 0 spiro atoms. The molecule has 6 heteroatoms. The molecule has 0 rings (SSSR count). The Kier molecular flexibility index (Phi) is 48.5. The number of allylic oxidation sites excluding steroid dienone is 18. The van der Waals surface area contributed by atoms with Gasteiger partial charge in [0.1, 0.15) is 13.2 Å². The molecule has 0 aliphatic carbocycles. The first kappa shape index (κ1) is 60.1. The number of carbonyl (C=O) groups excluding carboxylic acids is 3. The Balaban J connectivity index is 4.53. The topological polar surface area (TPSA) is 78.9 Å². The molecule has 0 saturated heterocycles. The van der Waals surface area contributed by atoms with Crippen LogP contribution in [0.1, 0.15) is 220 Å². The molecule has 0 aromatic rings. The lowest BCUT2D eigenvalue weighted by Crippen LogP contribution is -2.30. The number of carbonyl (C=O) groups is 3. The van der Waals surface area contributed by atoms with Crippen molar-refractivity contribution in [1.29, 1.82) is 0 Å². The van der Waals surface area contributed by atoms with Crippen LogP contribution in [-0.2, 0) is 28.6 Å². The van der Waals surface area contributed by atoms with Crippen molar-refractivity contribution in [3.05, 3.63) is 109 Å². The standard InChI is InChI=1S/C58H94O6/c1-4-7-10-13-16-19-22-25-27-29-31-33-36-39-42-45-48-51-57(60)63-54-55(53-62-56(59)50-47-44-41-38-35-32-24-21-18-15-12-9-6-3)64-58(61)52-49-46-43-40-37-34-30-28-26-23-20-17-14-11-8-5-2/h7-8,10-11,16-17,19-20,25-28,31-33,35,39,42,55H,4-6,9,12-15,18,21-24,29-30,34,36-38,40-41,43-54H2,1-3H3/b10-7-,11-8-,19-16-,20-17-,27-25-,28-26-,33-31-,35-32-,42-39-. The molecule has 0 aliphatic heterocycles. The number of unbranched alkanes of at least 4 members (excludes halogenated alkanes) is 16. The fourth-order valence-corrected chi connectivity index (χ4v) is 6.66. The van der Waals surface area contributed by atoms with E-state index in [0.717, 1.165) is 122 Å². The highest BCUT2D eigenvalue weighted by atomic mass is 16.6. The molecule has 0 fully saturated rings. The summed E-state index contributed by atoms with van der Waals surface area (Å²) in [5, 5.41) is 0. The maximum Gasteiger partial charge on any atom is 0.306 e. The van der Waals surface area contributed by atoms with E-state index in [0.29, 0.717) is 19.3 Å². The molecule has 1 atom stereocenters. The van der Waals surface area contributed by atoms with E-state index in [9.17, 15) is 14.4 Å². The molecule has 0 aromatic heterocycles. The molecular weight excluding hydrogens is 793 g/mol. The van der Waals surface area contributed by atoms with Crippen molar-refractivity contribution in [2.24, 2.45) is 0 Å². The van der Waals surface area contributed by atoms with Gasteiger partial charge in [0.2, 0.25) is 0 Å². The quantitative estimate of drug-likeness (QED) is 0.0262. The second-order valence-corrected chi connectivity index (χ2v) is 16.7. The third kappa shape index (κ3) is 49.1. The van der Waals surface area contributed by atoms with Gasteiger partial charge in [-0.25, -0.2) is 0 Å². The van der Waals surface area contributed by atoms with Crippen molar-refractivity contribution in [1.82, 2.24) is 0 Å². The Bertz CT molecular complexity index is 1340. The average molecular weight is 887 g/mol. The average Bonchev–Trinajstić information content (AvgIpc) is 3.29. The number of hydrogen-bond donors (Lipinski definition) is 0. The minimum Gasteiger partial charge on any atom is -0.462 e. The first-order valence-corrected chi connectivity index (χ1v) is 25.9. The van der Waals surface area contributed by atoms with Gasteiger partial charge in [0.15, 0.2) is 6.10 Å². The predicted molar refractivity (Wildman–Crippen MR) is 274 cm³/mol. The van der Waals surface area contributed by atoms with E-state index in [2.05, 4.69) is 130 Å². The third-order valence-corrected chi connectivity index (χ3v) is 10.5. The normalized spacial score (nSPS) is 13.0. The zero-order valence-corrected chi connectivity index (χ0v) is 41.3. The maximum absolute atomic E-state index is 12.8. The van der Waals surface area contributed by atoms with Crippen LogP contribution in [-0.4, -0.2) is 37.2 Å². The molecular formula is C58H94O6. The molecule has 0 N–H and O–H groups in total. The first-order chi connectivity index (χ1) is 31.5. The van der Waals surface area contributed by atoms with E-state index in [-0.39, 0.29) is 37.5 Å². The number of rotatable bonds is 45. The summed E-state index contributed by atoms with van der Waals surface area (Å²) in [6.07, 6.45) is 69.3. The third-order valence-electron chi connectivity index (χ3n) is 10.5. The summed E-state index contributed by atoms with van der Waals surface area (Å²) in [4.78, 5) is 38.0. The van der Waals surface area contributed by atoms with Gasteiger partial charge < -0.3 is 14.2 Å². The maximum atomic E-state index is 12.8. The highest BCUT2D eigenvalue weighted by molar-refractivity contribution is 5.71. The summed E-state index contributed by atoms with van der Waals surface area (Å²) in [7, 11) is 0. The summed E-state index contributed by atoms with van der Waals surface area (Å²) in [6, 6.07) is 0. The number of esters is 3. The predicted octanol–water partition coefficient (Wildman–Crippen LogP) is 17.1. The summed E-state index contributed by atoms with van der Waals surface area (Å²) in [6.45, 7) is 6.32. The van der Waals surface area contributed by atoms with E-state index >= 15 is 0 Å². The van der Waals surface area contributed by atoms with Crippen LogP contribution >= 0.6 is 0 Å². The van der Waals surface area contributed by atoms with Crippen LogP contribution < -0.4 is 0 Å². The highest BCUT2D eigenvalue weighted by Crippen LogP contribution is 2.13. The van der Waals surface area contributed by atoms with Gasteiger partial charge in [-0.15, -0.1) is 0 Å². The van der Waals surface area contributed by atoms with Crippen LogP contribution in [0.3, 0.4) is 0 Å². The molecule has 64 heavy (non-hydrogen) atoms. The van der Waals surface area contributed by atoms with Crippen molar-refractivity contribution < 1.29 is 28.6 Å². The second-order valence-electron chi connectivity index (χ2n) is 16.7. The lowest BCUT2D eigenvalue weighted by atomic mass is 10.1. The van der Waals surface area contributed by atoms with Crippen LogP contribution in [0, 0.1) is 0 Å². The number of hydrogen-bond acceptors (Lipinski definition) is 6. The highest BCUT2D eigenvalue weighted by Gasteiger charge is 2.19. The Morgan fingerprint density at radius 1 is 0.328 bits per heavy atom. The van der Waals surface area contributed by atoms with Gasteiger partial charge in [-0.1, -0.05) is 194 Å². The van der Waals surface area contributed by atoms with Gasteiger partial charge >= 0.3 is 17.9 Å². The zero-order chi connectivity index (χ0) is 46.5. The van der Waals surface area contributed by atoms with Crippen molar-refractivity contribution >= 4 is 17.9 Å². The molecule has 0 aliphatic rings. The minimum absolute atomic E-state index is 0.111. The lowest BCUT2D eigenvalue weighted by Gasteiger charge is -2.18. The van der Waals surface area contributed by atoms with E-state index in [1.54, 1.807) is 0 Å². The number of ether oxygens (including phenoxy) is 3. The Morgan fingerprint density at radius 2 is 0.625 bits per heavy atom. The lowest BCUT2D eigenvalue weighted by molar-refractivity contribution is -0.167. The van der Waals surface area contributed by atoms with E-state index < -0.39 is 6.10 Å². The fourth-order valence-electron chi connectivity index (χ4n) is 6.66. The van der Waals surface area contributed by atoms with Crippen molar-refractivity contribution in [2.75, 3.05) is 13.2 Å². The van der Waals surface area contributed by atoms with Gasteiger partial charge in [0, 0.05) is 19.3 Å². The van der Waals surface area contributed by atoms with Crippen LogP contribution in [0.5, 0.6) is 0 Å². The Labute approximate surface area is 393 Å². The molecule has 0 aromatic carbocycles. The summed E-state index contributed by atoms with van der Waals surface area (Å²) >= 11 is 0. The van der Waals surface area contributed by atoms with Gasteiger partial charge in [-0.3, -0.25) is 14.4 Å². The smallest absolute Gasteiger partial charge is 0.306 e. The molecule has 0 amide bonds. The summed E-state index contributed by atoms with van der Waals surface area (Å²) in [5.74, 6) is -1.00. The monoisotopic (exact) mass is 887 g/mol. The van der Waals surface area contributed by atoms with E-state index in [4.69, 9.17) is 14.2 Å². The molecule has 362 valence electrons. The van der Waals surface area contributed by atoms with Crippen LogP contribution in [0.4, 0.5) is 0 Å². The van der Waals surface area contributed by atoms with Gasteiger partial charge in [-0.2, -0.15) is 0 Å². The van der Waals surface area contributed by atoms with E-state index in [1.165, 1.54) is 51.4 Å². The van der Waals surface area contributed by atoms with Crippen molar-refractivity contribution in [3.63, 3.8) is 0 Å². The van der Waals surface area contributed by atoms with Crippen molar-refractivity contribution in [2.45, 2.75) is 226 Å². The first-order valence-electron chi connectivity index (χ1n) is 25.9. The molecule has 6 nitrogen and oxygen atoms in total. The zero-order valence-electron chi connectivity index (χ0n) is 41.3. The fraction of sp³-hybridized carbons (Fsp3) is 0.638. The molecule has 1 unspecified atom stereocenters. The molecule has 0 saturated carbocycles. The Morgan fingerprint density at radius 3 is 1.05 bits per heavy atom. The minimum atomic E-state index is -0.815.